The molecule has 0 saturated carbocycles. The molecular formula is C8H16O2. The van der Waals surface area contributed by atoms with E-state index in [-0.39, 0.29) is 12.7 Å². The summed E-state index contributed by atoms with van der Waals surface area (Å²) in [5.74, 6) is 1.36. The van der Waals surface area contributed by atoms with Crippen LogP contribution >= 0.6 is 0 Å². The van der Waals surface area contributed by atoms with Crippen molar-refractivity contribution in [2.45, 2.75) is 26.4 Å². The maximum Gasteiger partial charge on any atom is 0.0809 e. The van der Waals surface area contributed by atoms with Gasteiger partial charge in [0.25, 0.3) is 0 Å². The Morgan fingerprint density at radius 1 is 1.60 bits per heavy atom. The van der Waals surface area contributed by atoms with E-state index in [2.05, 4.69) is 13.8 Å². The predicted molar refractivity (Wildman–Crippen MR) is 39.8 cm³/mol. The highest BCUT2D eigenvalue weighted by molar-refractivity contribution is 4.74. The highest BCUT2D eigenvalue weighted by Crippen LogP contribution is 2.25. The van der Waals surface area contributed by atoms with Crippen molar-refractivity contribution in [1.82, 2.24) is 0 Å². The number of rotatable bonds is 2. The van der Waals surface area contributed by atoms with E-state index < -0.39 is 0 Å². The van der Waals surface area contributed by atoms with E-state index in [0.717, 1.165) is 13.0 Å². The predicted octanol–water partition coefficient (Wildman–Crippen LogP) is 1.04. The Labute approximate surface area is 62.2 Å². The van der Waals surface area contributed by atoms with E-state index in [1.165, 1.54) is 0 Å². The molecule has 1 saturated heterocycles. The zero-order valence-electron chi connectivity index (χ0n) is 6.71. The van der Waals surface area contributed by atoms with E-state index >= 15 is 0 Å². The highest BCUT2D eigenvalue weighted by atomic mass is 16.5. The second kappa shape index (κ2) is 3.35. The van der Waals surface area contributed by atoms with E-state index in [9.17, 15) is 0 Å². The van der Waals surface area contributed by atoms with Gasteiger partial charge in [0.1, 0.15) is 0 Å². The minimum atomic E-state index is 0.118. The summed E-state index contributed by atoms with van der Waals surface area (Å²) in [6, 6.07) is 0. The molecule has 1 fully saturated rings. The molecule has 2 nitrogen and oxygen atoms in total. The average molecular weight is 144 g/mol. The summed E-state index contributed by atoms with van der Waals surface area (Å²) in [6.07, 6.45) is 1.15. The van der Waals surface area contributed by atoms with E-state index in [1.54, 1.807) is 0 Å². The van der Waals surface area contributed by atoms with Gasteiger partial charge in [-0.15, -0.1) is 0 Å². The maximum atomic E-state index is 8.74. The first-order chi connectivity index (χ1) is 4.74. The number of aliphatic hydroxyl groups excluding tert-OH is 1. The van der Waals surface area contributed by atoms with Crippen LogP contribution in [0.3, 0.4) is 0 Å². The molecule has 2 atom stereocenters. The molecule has 1 aliphatic heterocycles. The lowest BCUT2D eigenvalue weighted by atomic mass is 9.94. The van der Waals surface area contributed by atoms with Crippen LogP contribution in [-0.2, 0) is 4.74 Å². The summed E-state index contributed by atoms with van der Waals surface area (Å²) in [5.41, 5.74) is 0. The van der Waals surface area contributed by atoms with Crippen molar-refractivity contribution in [3.63, 3.8) is 0 Å². The molecule has 1 N–H and O–H groups in total. The van der Waals surface area contributed by atoms with Crippen LogP contribution in [0.25, 0.3) is 0 Å². The van der Waals surface area contributed by atoms with Gasteiger partial charge >= 0.3 is 0 Å². The van der Waals surface area contributed by atoms with Crippen LogP contribution in [0.1, 0.15) is 20.3 Å². The first-order valence-electron chi connectivity index (χ1n) is 3.96. The smallest absolute Gasteiger partial charge is 0.0809 e. The van der Waals surface area contributed by atoms with Crippen molar-refractivity contribution in [2.75, 3.05) is 13.2 Å². The van der Waals surface area contributed by atoms with Crippen LogP contribution < -0.4 is 0 Å². The minimum absolute atomic E-state index is 0.118. The molecule has 0 aliphatic carbocycles. The lowest BCUT2D eigenvalue weighted by Gasteiger charge is -2.10. The van der Waals surface area contributed by atoms with E-state index in [0.29, 0.717) is 11.8 Å². The summed E-state index contributed by atoms with van der Waals surface area (Å²) >= 11 is 0. The fraction of sp³-hybridized carbons (Fsp3) is 1.00. The standard InChI is InChI=1S/C8H16O2/c1-6(2)7-3-8(4-9)10-5-7/h6-9H,3-5H2,1-2H3/t7-,8-/m0/s1. The van der Waals surface area contributed by atoms with Crippen molar-refractivity contribution in [2.24, 2.45) is 11.8 Å². The van der Waals surface area contributed by atoms with Crippen LogP contribution in [0.5, 0.6) is 0 Å². The topological polar surface area (TPSA) is 29.5 Å². The maximum absolute atomic E-state index is 8.74. The van der Waals surface area contributed by atoms with Gasteiger partial charge in [-0.3, -0.25) is 0 Å². The van der Waals surface area contributed by atoms with Gasteiger partial charge in [0.15, 0.2) is 0 Å². The lowest BCUT2D eigenvalue weighted by molar-refractivity contribution is 0.0563. The van der Waals surface area contributed by atoms with Gasteiger partial charge in [0.05, 0.1) is 19.3 Å². The van der Waals surface area contributed by atoms with Gasteiger partial charge in [0.2, 0.25) is 0 Å². The Morgan fingerprint density at radius 2 is 2.30 bits per heavy atom. The molecule has 0 amide bonds. The third-order valence-corrected chi connectivity index (χ3v) is 2.26. The summed E-state index contributed by atoms with van der Waals surface area (Å²) in [4.78, 5) is 0. The van der Waals surface area contributed by atoms with Crippen LogP contribution in [0, 0.1) is 11.8 Å². The van der Waals surface area contributed by atoms with Crippen molar-refractivity contribution >= 4 is 0 Å². The van der Waals surface area contributed by atoms with Gasteiger partial charge < -0.3 is 9.84 Å². The zero-order valence-corrected chi connectivity index (χ0v) is 6.71. The second-order valence-corrected chi connectivity index (χ2v) is 3.38. The Hall–Kier alpha value is -0.0800. The molecule has 0 bridgehead atoms. The van der Waals surface area contributed by atoms with Gasteiger partial charge in [-0.1, -0.05) is 13.8 Å². The normalized spacial score (nSPS) is 33.6. The van der Waals surface area contributed by atoms with Gasteiger partial charge in [-0.2, -0.15) is 0 Å². The number of ether oxygens (including phenoxy) is 1. The van der Waals surface area contributed by atoms with Crippen molar-refractivity contribution < 1.29 is 9.84 Å². The molecule has 0 radical (unpaired) electrons. The molecule has 0 aromatic heterocycles. The number of aliphatic hydroxyl groups is 1. The zero-order chi connectivity index (χ0) is 7.56. The molecule has 0 aromatic rings. The van der Waals surface area contributed by atoms with Gasteiger partial charge in [0, 0.05) is 0 Å². The molecule has 10 heavy (non-hydrogen) atoms. The molecule has 0 spiro atoms. The third kappa shape index (κ3) is 1.70. The van der Waals surface area contributed by atoms with Crippen LogP contribution in [0.4, 0.5) is 0 Å². The minimum Gasteiger partial charge on any atom is -0.394 e. The summed E-state index contributed by atoms with van der Waals surface area (Å²) in [5, 5.41) is 8.74. The monoisotopic (exact) mass is 144 g/mol. The first-order valence-corrected chi connectivity index (χ1v) is 3.96. The average Bonchev–Trinajstić information content (AvgIpc) is 2.34. The SMILES string of the molecule is CC(C)[C@@H]1CO[C@H](CO)C1. The molecule has 1 heterocycles. The van der Waals surface area contributed by atoms with Crippen LogP contribution in [0.2, 0.25) is 0 Å². The summed E-state index contributed by atoms with van der Waals surface area (Å²) in [6.45, 7) is 5.42. The van der Waals surface area contributed by atoms with Crippen LogP contribution in [-0.4, -0.2) is 24.4 Å². The molecule has 1 aliphatic rings. The van der Waals surface area contributed by atoms with E-state index in [1.807, 2.05) is 0 Å². The fourth-order valence-corrected chi connectivity index (χ4v) is 1.33. The van der Waals surface area contributed by atoms with Crippen LogP contribution in [0.15, 0.2) is 0 Å². The second-order valence-electron chi connectivity index (χ2n) is 3.38. The summed E-state index contributed by atoms with van der Waals surface area (Å²) < 4.78 is 5.33. The van der Waals surface area contributed by atoms with Crippen molar-refractivity contribution in [3.05, 3.63) is 0 Å². The van der Waals surface area contributed by atoms with E-state index in [4.69, 9.17) is 9.84 Å². The largest absolute Gasteiger partial charge is 0.394 e. The Balaban J connectivity index is 2.28. The van der Waals surface area contributed by atoms with Crippen molar-refractivity contribution in [3.8, 4) is 0 Å². The van der Waals surface area contributed by atoms with Crippen molar-refractivity contribution in [1.29, 1.82) is 0 Å². The summed E-state index contributed by atoms with van der Waals surface area (Å²) in [7, 11) is 0. The quantitative estimate of drug-likeness (QED) is 0.627. The molecule has 0 unspecified atom stereocenters. The fourth-order valence-electron chi connectivity index (χ4n) is 1.33. The molecule has 60 valence electrons. The Kier molecular flexibility index (Phi) is 2.69. The molecule has 2 heteroatoms. The highest BCUT2D eigenvalue weighted by Gasteiger charge is 2.26. The molecular weight excluding hydrogens is 128 g/mol. The first kappa shape index (κ1) is 8.02. The Bertz CT molecular complexity index is 101. The molecule has 0 aromatic carbocycles. The Morgan fingerprint density at radius 3 is 2.60 bits per heavy atom. The third-order valence-electron chi connectivity index (χ3n) is 2.26. The van der Waals surface area contributed by atoms with Gasteiger partial charge in [-0.05, 0) is 18.3 Å². The lowest BCUT2D eigenvalue weighted by Crippen LogP contribution is -2.11. The number of hydrogen-bond donors (Lipinski definition) is 1. The van der Waals surface area contributed by atoms with Gasteiger partial charge in [-0.25, -0.2) is 0 Å². The molecule has 1 rings (SSSR count). The number of hydrogen-bond acceptors (Lipinski definition) is 2.